The van der Waals surface area contributed by atoms with E-state index in [0.29, 0.717) is 19.4 Å². The minimum absolute atomic E-state index is 0.00294. The monoisotopic (exact) mass is 381 g/mol. The van der Waals surface area contributed by atoms with Crippen molar-refractivity contribution in [3.05, 3.63) is 0 Å². The van der Waals surface area contributed by atoms with Gasteiger partial charge in [0.25, 0.3) is 5.91 Å². The zero-order valence-corrected chi connectivity index (χ0v) is 16.6. The van der Waals surface area contributed by atoms with Crippen molar-refractivity contribution in [2.45, 2.75) is 90.0 Å². The van der Waals surface area contributed by atoms with Crippen LogP contribution in [-0.4, -0.2) is 47.5 Å². The third-order valence-corrected chi connectivity index (χ3v) is 5.07. The first-order valence-corrected chi connectivity index (χ1v) is 10.4. The third kappa shape index (κ3) is 9.02. The van der Waals surface area contributed by atoms with Gasteiger partial charge in [0.2, 0.25) is 17.6 Å². The molecule has 0 saturated carbocycles. The Morgan fingerprint density at radius 3 is 2.15 bits per heavy atom. The molecule has 27 heavy (non-hydrogen) atoms. The Bertz CT molecular complexity index is 507. The van der Waals surface area contributed by atoms with Crippen molar-refractivity contribution in [2.75, 3.05) is 13.1 Å². The van der Waals surface area contributed by atoms with E-state index in [1.54, 1.807) is 4.90 Å². The number of nitrogens with zero attached hydrogens (tertiary/aromatic N) is 1. The van der Waals surface area contributed by atoms with Crippen molar-refractivity contribution >= 4 is 23.5 Å². The molecule has 154 valence electrons. The molecule has 7 heteroatoms. The molecular formula is C20H35N3O4. The molecular weight excluding hydrogens is 346 g/mol. The van der Waals surface area contributed by atoms with Crippen molar-refractivity contribution < 1.29 is 19.2 Å². The number of primary amides is 1. The molecule has 0 aromatic carbocycles. The number of Topliss-reactive ketones (excluding diaryl/α,β-unsaturated/α-hetero) is 1. The predicted octanol–water partition coefficient (Wildman–Crippen LogP) is 2.07. The number of rotatable bonds is 14. The zero-order chi connectivity index (χ0) is 20.1. The highest BCUT2D eigenvalue weighted by molar-refractivity contribution is 6.36. The van der Waals surface area contributed by atoms with Crippen LogP contribution in [0.25, 0.3) is 0 Å². The summed E-state index contributed by atoms with van der Waals surface area (Å²) < 4.78 is 0. The van der Waals surface area contributed by atoms with Crippen LogP contribution in [0.15, 0.2) is 0 Å². The molecule has 1 rings (SSSR count). The van der Waals surface area contributed by atoms with E-state index in [-0.39, 0.29) is 11.8 Å². The fraction of sp³-hybridized carbons (Fsp3) is 0.800. The van der Waals surface area contributed by atoms with Gasteiger partial charge in [-0.05, 0) is 19.3 Å². The van der Waals surface area contributed by atoms with E-state index in [4.69, 9.17) is 5.73 Å². The lowest BCUT2D eigenvalue weighted by Crippen LogP contribution is -2.48. The molecule has 1 saturated heterocycles. The zero-order valence-electron chi connectivity index (χ0n) is 16.6. The standard InChI is InChI=1S/C20H35N3O4/c1-2-3-4-5-6-7-8-9-10-13-18(25)23-14-11-12-16(23)20(27)22-15-17(24)19(21)26/h16H,2-15H2,1H3,(H2,21,26)(H,22,27). The molecule has 1 unspecified atom stereocenters. The highest BCUT2D eigenvalue weighted by Crippen LogP contribution is 2.20. The number of ketones is 1. The fourth-order valence-corrected chi connectivity index (χ4v) is 3.44. The molecule has 0 radical (unpaired) electrons. The van der Waals surface area contributed by atoms with Gasteiger partial charge in [-0.25, -0.2) is 0 Å². The van der Waals surface area contributed by atoms with Crippen LogP contribution >= 0.6 is 0 Å². The predicted molar refractivity (Wildman–Crippen MR) is 104 cm³/mol. The second-order valence-corrected chi connectivity index (χ2v) is 7.33. The molecule has 7 nitrogen and oxygen atoms in total. The largest absolute Gasteiger partial charge is 0.363 e. The molecule has 0 aromatic rings. The van der Waals surface area contributed by atoms with E-state index in [0.717, 1.165) is 25.7 Å². The smallest absolute Gasteiger partial charge is 0.286 e. The van der Waals surface area contributed by atoms with Crippen LogP contribution < -0.4 is 11.1 Å². The summed E-state index contributed by atoms with van der Waals surface area (Å²) >= 11 is 0. The Hall–Kier alpha value is -1.92. The van der Waals surface area contributed by atoms with Gasteiger partial charge in [0.1, 0.15) is 6.04 Å². The molecule has 1 heterocycles. The van der Waals surface area contributed by atoms with Gasteiger partial charge in [0, 0.05) is 13.0 Å². The Labute approximate surface area is 162 Å². The number of nitrogens with two attached hydrogens (primary N) is 1. The van der Waals surface area contributed by atoms with Gasteiger partial charge in [-0.3, -0.25) is 19.2 Å². The first-order chi connectivity index (χ1) is 13.0. The van der Waals surface area contributed by atoms with Crippen molar-refractivity contribution in [3.8, 4) is 0 Å². The van der Waals surface area contributed by atoms with E-state index >= 15 is 0 Å². The lowest BCUT2D eigenvalue weighted by Gasteiger charge is -2.23. The van der Waals surface area contributed by atoms with Gasteiger partial charge in [0.05, 0.1) is 6.54 Å². The molecule has 0 bridgehead atoms. The molecule has 0 aliphatic carbocycles. The molecule has 1 atom stereocenters. The van der Waals surface area contributed by atoms with Gasteiger partial charge in [0.15, 0.2) is 0 Å². The van der Waals surface area contributed by atoms with Crippen molar-refractivity contribution in [2.24, 2.45) is 5.73 Å². The van der Waals surface area contributed by atoms with Crippen LogP contribution in [0.5, 0.6) is 0 Å². The summed E-state index contributed by atoms with van der Waals surface area (Å²) in [6.07, 6.45) is 12.5. The minimum atomic E-state index is -1.07. The van der Waals surface area contributed by atoms with E-state index in [1.807, 2.05) is 0 Å². The number of hydrogen-bond donors (Lipinski definition) is 2. The van der Waals surface area contributed by atoms with Gasteiger partial charge >= 0.3 is 0 Å². The van der Waals surface area contributed by atoms with E-state index < -0.39 is 24.3 Å². The van der Waals surface area contributed by atoms with Gasteiger partial charge in [-0.1, -0.05) is 58.3 Å². The topological polar surface area (TPSA) is 110 Å². The molecule has 1 fully saturated rings. The summed E-state index contributed by atoms with van der Waals surface area (Å²) in [6.45, 7) is 2.37. The summed E-state index contributed by atoms with van der Waals surface area (Å²) in [7, 11) is 0. The number of nitrogens with one attached hydrogen (secondary N) is 1. The van der Waals surface area contributed by atoms with Crippen molar-refractivity contribution in [1.29, 1.82) is 0 Å². The van der Waals surface area contributed by atoms with Gasteiger partial charge in [-0.2, -0.15) is 0 Å². The fourth-order valence-electron chi connectivity index (χ4n) is 3.44. The van der Waals surface area contributed by atoms with Crippen LogP contribution in [0, 0.1) is 0 Å². The summed E-state index contributed by atoms with van der Waals surface area (Å²) in [4.78, 5) is 48.2. The molecule has 0 aromatic heterocycles. The maximum atomic E-state index is 12.4. The Balaban J connectivity index is 2.22. The van der Waals surface area contributed by atoms with Crippen LogP contribution in [0.4, 0.5) is 0 Å². The Kier molecular flexibility index (Phi) is 11.4. The van der Waals surface area contributed by atoms with Crippen molar-refractivity contribution in [3.63, 3.8) is 0 Å². The summed E-state index contributed by atoms with van der Waals surface area (Å²) in [5.41, 5.74) is 4.87. The van der Waals surface area contributed by atoms with E-state index in [9.17, 15) is 19.2 Å². The summed E-state index contributed by atoms with van der Waals surface area (Å²) in [5.74, 6) is -2.30. The van der Waals surface area contributed by atoms with Crippen LogP contribution in [-0.2, 0) is 19.2 Å². The number of carbonyl (C=O) groups is 4. The molecule has 0 spiro atoms. The maximum Gasteiger partial charge on any atom is 0.286 e. The van der Waals surface area contributed by atoms with Gasteiger partial charge < -0.3 is 16.0 Å². The normalized spacial score (nSPS) is 16.3. The molecule has 1 aliphatic rings. The first-order valence-electron chi connectivity index (χ1n) is 10.4. The van der Waals surface area contributed by atoms with E-state index in [2.05, 4.69) is 12.2 Å². The summed E-state index contributed by atoms with van der Waals surface area (Å²) in [5, 5.41) is 2.41. The number of amides is 3. The quantitative estimate of drug-likeness (QED) is 0.354. The second-order valence-electron chi connectivity index (χ2n) is 7.33. The second kappa shape index (κ2) is 13.3. The third-order valence-electron chi connectivity index (χ3n) is 5.07. The van der Waals surface area contributed by atoms with Crippen LogP contribution in [0.3, 0.4) is 0 Å². The summed E-state index contributed by atoms with van der Waals surface area (Å²) in [6, 6.07) is -0.545. The van der Waals surface area contributed by atoms with Crippen molar-refractivity contribution in [1.82, 2.24) is 10.2 Å². The number of likely N-dealkylation sites (tertiary alicyclic amines) is 1. The lowest BCUT2D eigenvalue weighted by molar-refractivity contribution is -0.139. The highest BCUT2D eigenvalue weighted by Gasteiger charge is 2.33. The maximum absolute atomic E-state index is 12.4. The average Bonchev–Trinajstić information content (AvgIpc) is 3.14. The van der Waals surface area contributed by atoms with E-state index in [1.165, 1.54) is 38.5 Å². The Morgan fingerprint density at radius 1 is 0.963 bits per heavy atom. The van der Waals surface area contributed by atoms with Crippen LogP contribution in [0.2, 0.25) is 0 Å². The number of hydrogen-bond acceptors (Lipinski definition) is 4. The SMILES string of the molecule is CCCCCCCCCCCC(=O)N1CCCC1C(=O)NCC(=O)C(N)=O. The number of unbranched alkanes of at least 4 members (excludes halogenated alkanes) is 8. The Morgan fingerprint density at radius 2 is 1.56 bits per heavy atom. The molecule has 3 N–H and O–H groups in total. The average molecular weight is 382 g/mol. The van der Waals surface area contributed by atoms with Gasteiger partial charge in [-0.15, -0.1) is 0 Å². The lowest BCUT2D eigenvalue weighted by atomic mass is 10.1. The van der Waals surface area contributed by atoms with Crippen LogP contribution in [0.1, 0.15) is 84.0 Å². The minimum Gasteiger partial charge on any atom is -0.363 e. The number of carbonyl (C=O) groups excluding carboxylic acids is 4. The molecule has 1 aliphatic heterocycles. The first kappa shape index (κ1) is 23.1. The molecule has 3 amide bonds. The highest BCUT2D eigenvalue weighted by atomic mass is 16.2.